The first kappa shape index (κ1) is 14.8. The molecule has 4 rings (SSSR count). The number of fused-ring (bicyclic) bond motifs is 1. The monoisotopic (exact) mass is 322 g/mol. The third kappa shape index (κ3) is 2.76. The molecule has 3 aromatic rings. The van der Waals surface area contributed by atoms with Crippen LogP contribution in [0.3, 0.4) is 0 Å². The van der Waals surface area contributed by atoms with E-state index in [0.717, 1.165) is 22.3 Å². The highest BCUT2D eigenvalue weighted by atomic mass is 16.5. The molecular weight excluding hydrogens is 304 g/mol. The highest BCUT2D eigenvalue weighted by molar-refractivity contribution is 5.82. The number of hydrogen-bond donors (Lipinski definition) is 0. The molecule has 6 heteroatoms. The van der Waals surface area contributed by atoms with Gasteiger partial charge in [-0.3, -0.25) is 9.78 Å². The Labute approximate surface area is 139 Å². The third-order valence-electron chi connectivity index (χ3n) is 4.33. The Balaban J connectivity index is 1.60. The van der Waals surface area contributed by atoms with Gasteiger partial charge in [-0.25, -0.2) is 4.98 Å². The first-order valence-corrected chi connectivity index (χ1v) is 7.92. The molecule has 1 amide bonds. The molecule has 0 bridgehead atoms. The van der Waals surface area contributed by atoms with E-state index in [9.17, 15) is 4.79 Å². The fraction of sp³-hybridized carbons (Fsp3) is 0.278. The van der Waals surface area contributed by atoms with Gasteiger partial charge in [0, 0.05) is 43.1 Å². The molecular formula is C18H18N4O2. The van der Waals surface area contributed by atoms with Crippen LogP contribution in [0.15, 0.2) is 48.9 Å². The van der Waals surface area contributed by atoms with Crippen LogP contribution in [0.4, 0.5) is 0 Å². The van der Waals surface area contributed by atoms with Gasteiger partial charge in [0.15, 0.2) is 0 Å². The van der Waals surface area contributed by atoms with Gasteiger partial charge in [-0.05, 0) is 12.1 Å². The predicted octanol–water partition coefficient (Wildman–Crippen LogP) is 1.96. The summed E-state index contributed by atoms with van der Waals surface area (Å²) in [4.78, 5) is 22.1. The lowest BCUT2D eigenvalue weighted by molar-refractivity contribution is -0.147. The molecule has 24 heavy (non-hydrogen) atoms. The van der Waals surface area contributed by atoms with Gasteiger partial charge in [-0.15, -0.1) is 0 Å². The normalized spacial score (nSPS) is 18.3. The van der Waals surface area contributed by atoms with E-state index in [1.165, 1.54) is 0 Å². The number of morpholine rings is 1. The minimum atomic E-state index is -0.0285. The smallest absolute Gasteiger partial charge is 0.248 e. The van der Waals surface area contributed by atoms with Crippen LogP contribution in [0.25, 0.3) is 22.3 Å². The summed E-state index contributed by atoms with van der Waals surface area (Å²) in [5.74, 6) is 0.906. The molecule has 1 atom stereocenters. The number of imidazole rings is 1. The van der Waals surface area contributed by atoms with Gasteiger partial charge in [0.2, 0.25) is 5.91 Å². The fourth-order valence-corrected chi connectivity index (χ4v) is 3.01. The lowest BCUT2D eigenvalue weighted by Gasteiger charge is -2.30. The summed E-state index contributed by atoms with van der Waals surface area (Å²) in [6.45, 7) is 1.40. The van der Waals surface area contributed by atoms with Gasteiger partial charge in [0.05, 0.1) is 18.2 Å². The van der Waals surface area contributed by atoms with Crippen molar-refractivity contribution in [2.24, 2.45) is 0 Å². The van der Waals surface area contributed by atoms with Crippen molar-refractivity contribution in [2.75, 3.05) is 20.2 Å². The number of nitrogens with zero attached hydrogens (tertiary/aromatic N) is 4. The lowest BCUT2D eigenvalue weighted by Crippen LogP contribution is -2.45. The number of carbonyl (C=O) groups excluding carboxylic acids is 1. The topological polar surface area (TPSA) is 60.3 Å². The number of carbonyl (C=O) groups is 1. The van der Waals surface area contributed by atoms with Crippen molar-refractivity contribution in [3.63, 3.8) is 0 Å². The zero-order valence-electron chi connectivity index (χ0n) is 13.4. The van der Waals surface area contributed by atoms with E-state index in [4.69, 9.17) is 4.74 Å². The second-order valence-corrected chi connectivity index (χ2v) is 6.02. The van der Waals surface area contributed by atoms with E-state index < -0.39 is 0 Å². The van der Waals surface area contributed by atoms with Crippen molar-refractivity contribution in [3.05, 3.63) is 48.9 Å². The van der Waals surface area contributed by atoms with Gasteiger partial charge in [-0.2, -0.15) is 0 Å². The summed E-state index contributed by atoms with van der Waals surface area (Å²) in [6.07, 6.45) is 5.49. The van der Waals surface area contributed by atoms with Crippen molar-refractivity contribution < 1.29 is 9.53 Å². The number of ether oxygens (including phenoxy) is 1. The molecule has 0 radical (unpaired) electrons. The fourth-order valence-electron chi connectivity index (χ4n) is 3.01. The molecule has 0 N–H and O–H groups in total. The molecule has 1 aliphatic rings. The summed E-state index contributed by atoms with van der Waals surface area (Å²) in [7, 11) is 1.81. The van der Waals surface area contributed by atoms with Crippen LogP contribution >= 0.6 is 0 Å². The van der Waals surface area contributed by atoms with Gasteiger partial charge >= 0.3 is 0 Å². The zero-order chi connectivity index (χ0) is 16.5. The molecule has 6 nitrogen and oxygen atoms in total. The molecule has 1 saturated heterocycles. The summed E-state index contributed by atoms with van der Waals surface area (Å²) < 4.78 is 7.71. The van der Waals surface area contributed by atoms with E-state index in [2.05, 4.69) is 26.7 Å². The Kier molecular flexibility index (Phi) is 3.74. The molecule has 1 unspecified atom stereocenters. The summed E-state index contributed by atoms with van der Waals surface area (Å²) >= 11 is 0. The molecule has 1 aliphatic heterocycles. The van der Waals surface area contributed by atoms with Crippen molar-refractivity contribution >= 4 is 16.8 Å². The SMILES string of the molecule is CN1CC(Cn2ccnc2-c2ccc3cccnc3c2)OCC1=O. The maximum Gasteiger partial charge on any atom is 0.248 e. The summed E-state index contributed by atoms with van der Waals surface area (Å²) in [6, 6.07) is 10.1. The van der Waals surface area contributed by atoms with E-state index >= 15 is 0 Å². The van der Waals surface area contributed by atoms with Crippen LogP contribution in [0.2, 0.25) is 0 Å². The van der Waals surface area contributed by atoms with Crippen LogP contribution in [-0.2, 0) is 16.1 Å². The highest BCUT2D eigenvalue weighted by Gasteiger charge is 2.24. The number of benzene rings is 1. The van der Waals surface area contributed by atoms with E-state index in [1.807, 2.05) is 31.4 Å². The quantitative estimate of drug-likeness (QED) is 0.739. The number of hydrogen-bond acceptors (Lipinski definition) is 4. The Bertz CT molecular complexity index is 889. The van der Waals surface area contributed by atoms with E-state index in [0.29, 0.717) is 13.1 Å². The van der Waals surface area contributed by atoms with Gasteiger partial charge in [0.25, 0.3) is 0 Å². The predicted molar refractivity (Wildman–Crippen MR) is 90.3 cm³/mol. The van der Waals surface area contributed by atoms with Crippen LogP contribution < -0.4 is 0 Å². The minimum Gasteiger partial charge on any atom is -0.365 e. The Morgan fingerprint density at radius 2 is 2.17 bits per heavy atom. The van der Waals surface area contributed by atoms with Crippen LogP contribution in [-0.4, -0.2) is 51.6 Å². The molecule has 2 aromatic heterocycles. The molecule has 0 spiro atoms. The Morgan fingerprint density at radius 1 is 1.25 bits per heavy atom. The number of amides is 1. The zero-order valence-corrected chi connectivity index (χ0v) is 13.4. The number of rotatable bonds is 3. The Hall–Kier alpha value is -2.73. The van der Waals surface area contributed by atoms with Crippen LogP contribution in [0, 0.1) is 0 Å². The largest absolute Gasteiger partial charge is 0.365 e. The summed E-state index contributed by atoms with van der Waals surface area (Å²) in [5, 5.41) is 1.11. The molecule has 122 valence electrons. The van der Waals surface area contributed by atoms with E-state index in [-0.39, 0.29) is 18.6 Å². The van der Waals surface area contributed by atoms with Gasteiger partial charge in [-0.1, -0.05) is 18.2 Å². The van der Waals surface area contributed by atoms with Crippen molar-refractivity contribution in [3.8, 4) is 11.4 Å². The van der Waals surface area contributed by atoms with Crippen LogP contribution in [0.5, 0.6) is 0 Å². The second-order valence-electron chi connectivity index (χ2n) is 6.02. The molecule has 0 aliphatic carbocycles. The summed E-state index contributed by atoms with van der Waals surface area (Å²) in [5.41, 5.74) is 1.97. The van der Waals surface area contributed by atoms with Crippen molar-refractivity contribution in [2.45, 2.75) is 12.6 Å². The molecule has 0 saturated carbocycles. The maximum atomic E-state index is 11.5. The third-order valence-corrected chi connectivity index (χ3v) is 4.33. The molecule has 1 aromatic carbocycles. The average molecular weight is 322 g/mol. The maximum absolute atomic E-state index is 11.5. The van der Waals surface area contributed by atoms with Crippen molar-refractivity contribution in [1.29, 1.82) is 0 Å². The van der Waals surface area contributed by atoms with Crippen LogP contribution in [0.1, 0.15) is 0 Å². The van der Waals surface area contributed by atoms with Gasteiger partial charge < -0.3 is 14.2 Å². The Morgan fingerprint density at radius 3 is 3.04 bits per heavy atom. The molecule has 3 heterocycles. The highest BCUT2D eigenvalue weighted by Crippen LogP contribution is 2.23. The number of aromatic nitrogens is 3. The van der Waals surface area contributed by atoms with Gasteiger partial charge in [0.1, 0.15) is 12.4 Å². The average Bonchev–Trinajstić information content (AvgIpc) is 3.06. The molecule has 1 fully saturated rings. The number of likely N-dealkylation sites (N-methyl/N-ethyl adjacent to an activating group) is 1. The number of pyridine rings is 1. The second kappa shape index (κ2) is 6.05. The van der Waals surface area contributed by atoms with Crippen molar-refractivity contribution in [1.82, 2.24) is 19.4 Å². The standard InChI is InChI=1S/C18H18N4O2/c1-21-10-15(24-12-17(21)23)11-22-8-7-20-18(22)14-5-4-13-3-2-6-19-16(13)9-14/h2-9,15H,10-12H2,1H3. The first-order valence-electron chi connectivity index (χ1n) is 7.92. The first-order chi connectivity index (χ1) is 11.7. The minimum absolute atomic E-state index is 0.0257. The van der Waals surface area contributed by atoms with E-state index in [1.54, 1.807) is 17.3 Å². The lowest BCUT2D eigenvalue weighted by atomic mass is 10.1.